The molecule has 5 rings (SSSR count). The van der Waals surface area contributed by atoms with E-state index in [2.05, 4.69) is 15.5 Å². The summed E-state index contributed by atoms with van der Waals surface area (Å²) in [5, 5.41) is 5.10. The van der Waals surface area contributed by atoms with Crippen molar-refractivity contribution in [3.63, 3.8) is 0 Å². The summed E-state index contributed by atoms with van der Waals surface area (Å²) in [6.45, 7) is 0.196. The Hall–Kier alpha value is -3.81. The Morgan fingerprint density at radius 1 is 1.07 bits per heavy atom. The molecule has 2 aliphatic rings. The summed E-state index contributed by atoms with van der Waals surface area (Å²) in [5.41, 5.74) is 10.5. The summed E-state index contributed by atoms with van der Waals surface area (Å²) in [7, 11) is 0. The Balaban J connectivity index is 1.55. The van der Waals surface area contributed by atoms with Crippen LogP contribution in [0.1, 0.15) is 23.6 Å². The van der Waals surface area contributed by atoms with Gasteiger partial charge in [-0.05, 0) is 29.8 Å². The number of hydrazone groups is 1. The molecule has 8 nitrogen and oxygen atoms in total. The first kappa shape index (κ1) is 16.4. The third-order valence-electron chi connectivity index (χ3n) is 4.72. The van der Waals surface area contributed by atoms with Crippen molar-refractivity contribution in [1.29, 1.82) is 0 Å². The third-order valence-corrected chi connectivity index (χ3v) is 4.72. The number of aliphatic imine (C=N–C) groups is 1. The molecule has 2 aliphatic heterocycles. The van der Waals surface area contributed by atoms with E-state index in [0.29, 0.717) is 34.8 Å². The maximum absolute atomic E-state index is 12.5. The van der Waals surface area contributed by atoms with Gasteiger partial charge in [0.2, 0.25) is 12.8 Å². The molecule has 0 fully saturated rings. The van der Waals surface area contributed by atoms with Gasteiger partial charge in [0.25, 0.3) is 0 Å². The van der Waals surface area contributed by atoms with Crippen LogP contribution in [0.25, 0.3) is 11.0 Å². The smallest absolute Gasteiger partial charge is 0.345 e. The minimum Gasteiger partial charge on any atom is -0.454 e. The first-order valence-electron chi connectivity index (χ1n) is 8.76. The van der Waals surface area contributed by atoms with Crippen molar-refractivity contribution in [2.45, 2.75) is 12.5 Å². The predicted molar refractivity (Wildman–Crippen MR) is 104 cm³/mol. The maximum Gasteiger partial charge on any atom is 0.345 e. The molecule has 0 saturated carbocycles. The molecular weight excluding hydrogens is 360 g/mol. The number of benzene rings is 2. The number of para-hydroxylation sites is 1. The Morgan fingerprint density at radius 2 is 1.93 bits per heavy atom. The summed E-state index contributed by atoms with van der Waals surface area (Å²) >= 11 is 0. The minimum atomic E-state index is -0.454. The molecule has 28 heavy (non-hydrogen) atoms. The van der Waals surface area contributed by atoms with Gasteiger partial charge in [0, 0.05) is 11.8 Å². The van der Waals surface area contributed by atoms with Gasteiger partial charge in [-0.1, -0.05) is 24.3 Å². The van der Waals surface area contributed by atoms with Gasteiger partial charge in [0.15, 0.2) is 11.5 Å². The zero-order valence-electron chi connectivity index (χ0n) is 14.7. The highest BCUT2D eigenvalue weighted by Gasteiger charge is 2.24. The normalized spacial score (nSPS) is 18.2. The zero-order chi connectivity index (χ0) is 19.1. The first-order valence-corrected chi connectivity index (χ1v) is 8.76. The van der Waals surface area contributed by atoms with Gasteiger partial charge in [0.05, 0.1) is 17.3 Å². The largest absolute Gasteiger partial charge is 0.454 e. The van der Waals surface area contributed by atoms with Crippen molar-refractivity contribution in [2.24, 2.45) is 15.8 Å². The molecule has 3 aromatic rings. The van der Waals surface area contributed by atoms with Crippen molar-refractivity contribution >= 4 is 22.6 Å². The lowest BCUT2D eigenvalue weighted by Gasteiger charge is -2.13. The summed E-state index contributed by atoms with van der Waals surface area (Å²) in [4.78, 5) is 17.0. The van der Waals surface area contributed by atoms with E-state index in [-0.39, 0.29) is 18.8 Å². The van der Waals surface area contributed by atoms with E-state index in [9.17, 15) is 4.79 Å². The number of nitrogens with two attached hydrogens (primary N) is 1. The monoisotopic (exact) mass is 376 g/mol. The molecule has 0 radical (unpaired) electrons. The molecular formula is C20H16N4O4. The van der Waals surface area contributed by atoms with E-state index in [4.69, 9.17) is 19.6 Å². The number of fused-ring (bicyclic) bond motifs is 2. The quantitative estimate of drug-likeness (QED) is 0.664. The van der Waals surface area contributed by atoms with Crippen molar-refractivity contribution < 1.29 is 13.9 Å². The second-order valence-corrected chi connectivity index (χ2v) is 6.50. The summed E-state index contributed by atoms with van der Waals surface area (Å²) < 4.78 is 16.3. The fourth-order valence-corrected chi connectivity index (χ4v) is 3.34. The molecule has 0 saturated heterocycles. The minimum absolute atomic E-state index is 0.169. The number of hydrogen-bond acceptors (Lipinski definition) is 8. The van der Waals surface area contributed by atoms with Crippen molar-refractivity contribution in [3.8, 4) is 11.5 Å². The maximum atomic E-state index is 12.5. The second kappa shape index (κ2) is 6.41. The highest BCUT2D eigenvalue weighted by molar-refractivity contribution is 6.03. The van der Waals surface area contributed by atoms with Crippen LogP contribution in [0.5, 0.6) is 11.5 Å². The van der Waals surface area contributed by atoms with Gasteiger partial charge < -0.3 is 19.6 Å². The first-order chi connectivity index (χ1) is 13.7. The van der Waals surface area contributed by atoms with E-state index < -0.39 is 5.63 Å². The number of nitrogens with zero attached hydrogens (tertiary/aromatic N) is 2. The van der Waals surface area contributed by atoms with Crippen molar-refractivity contribution in [2.75, 3.05) is 6.79 Å². The van der Waals surface area contributed by atoms with Crippen LogP contribution in [-0.2, 0) is 0 Å². The SMILES string of the molecule is NC1=N[C@@H](c2ccc3c(c2)OCO3)CC(c2cc3ccccc3oc2=O)=NN1. The van der Waals surface area contributed by atoms with E-state index in [1.54, 1.807) is 12.1 Å². The van der Waals surface area contributed by atoms with Gasteiger partial charge in [-0.25, -0.2) is 15.2 Å². The molecule has 3 N–H and O–H groups in total. The lowest BCUT2D eigenvalue weighted by atomic mass is 9.97. The average molecular weight is 376 g/mol. The Kier molecular flexibility index (Phi) is 3.75. The van der Waals surface area contributed by atoms with Gasteiger partial charge in [-0.2, -0.15) is 5.10 Å². The van der Waals surface area contributed by atoms with Gasteiger partial charge in [-0.3, -0.25) is 0 Å². The molecule has 8 heteroatoms. The van der Waals surface area contributed by atoms with E-state index >= 15 is 0 Å². The summed E-state index contributed by atoms with van der Waals surface area (Å²) in [6.07, 6.45) is 0.371. The molecule has 2 aromatic carbocycles. The molecule has 140 valence electrons. The highest BCUT2D eigenvalue weighted by atomic mass is 16.7. The van der Waals surface area contributed by atoms with Crippen LogP contribution >= 0.6 is 0 Å². The van der Waals surface area contributed by atoms with Crippen LogP contribution in [0, 0.1) is 0 Å². The Bertz CT molecular complexity index is 1200. The topological polar surface area (TPSA) is 111 Å². The molecule has 0 unspecified atom stereocenters. The lowest BCUT2D eigenvalue weighted by Crippen LogP contribution is -2.27. The molecule has 0 bridgehead atoms. The molecule has 1 atom stereocenters. The number of nitrogens with one attached hydrogen (secondary N) is 1. The van der Waals surface area contributed by atoms with E-state index in [1.807, 2.05) is 36.4 Å². The van der Waals surface area contributed by atoms with Crippen LogP contribution in [0.4, 0.5) is 0 Å². The number of guanidine groups is 1. The molecule has 0 spiro atoms. The number of hydrogen-bond donors (Lipinski definition) is 2. The third kappa shape index (κ3) is 2.84. The number of ether oxygens (including phenoxy) is 2. The lowest BCUT2D eigenvalue weighted by molar-refractivity contribution is 0.174. The zero-order valence-corrected chi connectivity index (χ0v) is 14.7. The highest BCUT2D eigenvalue weighted by Crippen LogP contribution is 2.36. The van der Waals surface area contributed by atoms with E-state index in [1.165, 1.54) is 0 Å². The van der Waals surface area contributed by atoms with Gasteiger partial charge >= 0.3 is 5.63 Å². The van der Waals surface area contributed by atoms with Crippen LogP contribution < -0.4 is 26.3 Å². The fourth-order valence-electron chi connectivity index (χ4n) is 3.34. The van der Waals surface area contributed by atoms with Crippen molar-refractivity contribution in [1.82, 2.24) is 5.43 Å². The standard InChI is InChI=1S/C20H16N4O4/c21-20-22-14(11-5-6-17-18(8-11)27-10-26-17)9-15(23-24-20)13-7-12-3-1-2-4-16(12)28-19(13)25/h1-8,14H,9-10H2,(H3,21,22,24)/t14-/m1/s1. The predicted octanol–water partition coefficient (Wildman–Crippen LogP) is 2.28. The fraction of sp³-hybridized carbons (Fsp3) is 0.150. The summed E-state index contributed by atoms with van der Waals surface area (Å²) in [6, 6.07) is 14.4. The van der Waals surface area contributed by atoms with Crippen molar-refractivity contribution in [3.05, 3.63) is 70.1 Å². The molecule has 1 aromatic heterocycles. The Labute approximate surface area is 159 Å². The van der Waals surface area contributed by atoms with Crippen LogP contribution in [0.15, 0.2) is 67.8 Å². The van der Waals surface area contributed by atoms with E-state index in [0.717, 1.165) is 10.9 Å². The second-order valence-electron chi connectivity index (χ2n) is 6.50. The average Bonchev–Trinajstić information content (AvgIpc) is 3.09. The van der Waals surface area contributed by atoms with Crippen LogP contribution in [0.3, 0.4) is 0 Å². The van der Waals surface area contributed by atoms with Gasteiger partial charge in [-0.15, -0.1) is 0 Å². The van der Waals surface area contributed by atoms with Crippen LogP contribution in [0.2, 0.25) is 0 Å². The molecule has 3 heterocycles. The number of rotatable bonds is 2. The van der Waals surface area contributed by atoms with Gasteiger partial charge in [0.1, 0.15) is 5.58 Å². The Morgan fingerprint density at radius 3 is 2.86 bits per heavy atom. The molecule has 0 aliphatic carbocycles. The molecule has 0 amide bonds. The summed E-state index contributed by atoms with van der Waals surface area (Å²) in [5.74, 6) is 1.52. The van der Waals surface area contributed by atoms with Crippen LogP contribution in [-0.4, -0.2) is 18.5 Å².